The average molecular weight is 825 g/mol. The third kappa shape index (κ3) is 4.70. The number of hydrogen-bond donors (Lipinski definition) is 0. The van der Waals surface area contributed by atoms with Crippen LogP contribution < -0.4 is 0 Å². The van der Waals surface area contributed by atoms with Crippen molar-refractivity contribution in [2.24, 2.45) is 0 Å². The maximum absolute atomic E-state index is 4.71. The van der Waals surface area contributed by atoms with Crippen molar-refractivity contribution in [2.75, 3.05) is 0 Å². The van der Waals surface area contributed by atoms with E-state index < -0.39 is 5.41 Å². The smallest absolute Gasteiger partial charge is 0.0725 e. The Morgan fingerprint density at radius 2 is 0.877 bits per heavy atom. The predicted octanol–water partition coefficient (Wildman–Crippen LogP) is 15.1. The Morgan fingerprint density at radius 1 is 0.354 bits per heavy atom. The second kappa shape index (κ2) is 13.6. The van der Waals surface area contributed by atoms with Crippen molar-refractivity contribution in [3.8, 4) is 61.5 Å². The van der Waals surface area contributed by atoms with Crippen LogP contribution in [0, 0.1) is 0 Å². The summed E-state index contributed by atoms with van der Waals surface area (Å²) in [6.07, 6.45) is 4.02. The zero-order valence-electron chi connectivity index (χ0n) is 35.5. The van der Waals surface area contributed by atoms with Gasteiger partial charge in [-0.15, -0.1) is 0 Å². The highest BCUT2D eigenvalue weighted by Crippen LogP contribution is 2.64. The monoisotopic (exact) mass is 824 g/mol. The van der Waals surface area contributed by atoms with E-state index in [0.29, 0.717) is 0 Å². The van der Waals surface area contributed by atoms with E-state index in [2.05, 4.69) is 241 Å². The first-order valence-corrected chi connectivity index (χ1v) is 22.6. The van der Waals surface area contributed by atoms with Crippen LogP contribution in [0.1, 0.15) is 44.5 Å². The van der Waals surface area contributed by atoms with Crippen LogP contribution in [-0.2, 0) is 10.8 Å². The van der Waals surface area contributed by atoms with Gasteiger partial charge in [0.15, 0.2) is 0 Å². The molecule has 0 bridgehead atoms. The molecule has 0 amide bonds. The topological polar surface area (TPSA) is 17.8 Å². The Hall–Kier alpha value is -8.33. The molecule has 2 heterocycles. The summed E-state index contributed by atoms with van der Waals surface area (Å²) >= 11 is 0. The van der Waals surface area contributed by atoms with E-state index in [4.69, 9.17) is 4.98 Å². The van der Waals surface area contributed by atoms with Crippen LogP contribution in [0.2, 0.25) is 0 Å². The number of pyridine rings is 1. The minimum atomic E-state index is -0.554. The molecule has 3 aliphatic carbocycles. The highest BCUT2D eigenvalue weighted by molar-refractivity contribution is 6.03. The van der Waals surface area contributed by atoms with Crippen molar-refractivity contribution in [1.29, 1.82) is 0 Å². The van der Waals surface area contributed by atoms with Gasteiger partial charge in [0.1, 0.15) is 0 Å². The molecule has 302 valence electrons. The molecule has 14 rings (SSSR count). The third-order valence-electron chi connectivity index (χ3n) is 14.8. The van der Waals surface area contributed by atoms with Crippen molar-refractivity contribution >= 4 is 10.9 Å². The highest BCUT2D eigenvalue weighted by atomic mass is 15.0. The molecule has 0 fully saturated rings. The summed E-state index contributed by atoms with van der Waals surface area (Å²) in [7, 11) is 0. The van der Waals surface area contributed by atoms with E-state index in [0.717, 1.165) is 16.9 Å². The lowest BCUT2D eigenvalue weighted by atomic mass is 9.67. The second-order valence-electron chi connectivity index (χ2n) is 17.7. The molecule has 0 radical (unpaired) electrons. The van der Waals surface area contributed by atoms with E-state index in [1.807, 2.05) is 6.20 Å². The van der Waals surface area contributed by atoms with E-state index in [9.17, 15) is 0 Å². The fourth-order valence-electron chi connectivity index (χ4n) is 12.4. The minimum absolute atomic E-state index is 0.379. The van der Waals surface area contributed by atoms with Crippen LogP contribution in [0.5, 0.6) is 0 Å². The lowest BCUT2D eigenvalue weighted by Gasteiger charge is -2.34. The van der Waals surface area contributed by atoms with Crippen LogP contribution in [0.3, 0.4) is 0 Å². The Morgan fingerprint density at radius 3 is 1.54 bits per heavy atom. The first kappa shape index (κ1) is 36.2. The van der Waals surface area contributed by atoms with Gasteiger partial charge in [-0.2, -0.15) is 0 Å². The molecule has 0 aliphatic heterocycles. The van der Waals surface area contributed by atoms with Crippen molar-refractivity contribution < 1.29 is 0 Å². The molecule has 9 aromatic carbocycles. The second-order valence-corrected chi connectivity index (χ2v) is 17.7. The van der Waals surface area contributed by atoms with E-state index in [1.54, 1.807) is 0 Å². The summed E-state index contributed by atoms with van der Waals surface area (Å²) in [6, 6.07) is 85.8. The van der Waals surface area contributed by atoms with Gasteiger partial charge in [0, 0.05) is 29.0 Å². The van der Waals surface area contributed by atoms with Gasteiger partial charge < -0.3 is 4.57 Å². The van der Waals surface area contributed by atoms with Gasteiger partial charge in [-0.05, 0) is 119 Å². The number of fused-ring (bicyclic) bond motifs is 15. The quantitative estimate of drug-likeness (QED) is 0.169. The Kier molecular flexibility index (Phi) is 7.56. The molecule has 11 aromatic rings. The molecule has 2 heteroatoms. The van der Waals surface area contributed by atoms with Crippen molar-refractivity contribution in [3.05, 3.63) is 287 Å². The number of aromatic nitrogens is 2. The average Bonchev–Trinajstić information content (AvgIpc) is 4.10. The van der Waals surface area contributed by atoms with E-state index >= 15 is 0 Å². The number of nitrogens with zero attached hydrogens (tertiary/aromatic N) is 2. The highest BCUT2D eigenvalue weighted by Gasteiger charge is 2.52. The Balaban J connectivity index is 0.987. The molecule has 2 nitrogen and oxygen atoms in total. The maximum Gasteiger partial charge on any atom is 0.0725 e. The van der Waals surface area contributed by atoms with Gasteiger partial charge in [-0.3, -0.25) is 4.98 Å². The predicted molar refractivity (Wildman–Crippen MR) is 266 cm³/mol. The zero-order chi connectivity index (χ0) is 42.7. The fraction of sp³-hybridized carbons (Fsp3) is 0.0317. The number of rotatable bonds is 5. The van der Waals surface area contributed by atoms with Gasteiger partial charge in [-0.1, -0.05) is 200 Å². The van der Waals surface area contributed by atoms with Gasteiger partial charge in [0.25, 0.3) is 0 Å². The summed E-state index contributed by atoms with van der Waals surface area (Å²) < 4.78 is 2.46. The van der Waals surface area contributed by atoms with Crippen LogP contribution in [0.4, 0.5) is 0 Å². The van der Waals surface area contributed by atoms with Crippen molar-refractivity contribution in [3.63, 3.8) is 0 Å². The number of para-hydroxylation sites is 1. The Labute approximate surface area is 378 Å². The standard InChI is InChI=1S/C63H40N2/c1-4-17-43(18-5-1)62(44-19-6-2-7-20-44)56-37-38-64-40-52(56)49-35-36-58-51(61(49)62)39-59(65(58)45-21-8-3-9-22-45)42-33-31-41(32-34-42)46-26-16-30-57-60(46)50-25-12-15-29-55(50)63(57)53-27-13-10-23-47(53)48-24-11-14-28-54(48)63/h1-40H. The first-order valence-electron chi connectivity index (χ1n) is 22.6. The van der Waals surface area contributed by atoms with Crippen molar-refractivity contribution in [1.82, 2.24) is 9.55 Å². The largest absolute Gasteiger partial charge is 0.309 e. The molecule has 0 saturated heterocycles. The summed E-state index contributed by atoms with van der Waals surface area (Å²) in [5.74, 6) is 0. The van der Waals surface area contributed by atoms with Crippen LogP contribution in [0.25, 0.3) is 72.4 Å². The molecule has 2 aromatic heterocycles. The lowest BCUT2D eigenvalue weighted by molar-refractivity contribution is 0.774. The first-order chi connectivity index (χ1) is 32.3. The molecule has 0 N–H and O–H groups in total. The summed E-state index contributed by atoms with van der Waals surface area (Å²) in [4.78, 5) is 4.71. The van der Waals surface area contributed by atoms with Gasteiger partial charge in [0.05, 0.1) is 22.0 Å². The SMILES string of the molecule is c1ccc(-n2c(-c3ccc(-c4cccc5c4-c4ccccc4C54c5ccccc5-c5ccccc54)cc3)cc3c4c(ccc32)-c2cnccc2C4(c2ccccc2)c2ccccc2)cc1. The fourth-order valence-corrected chi connectivity index (χ4v) is 12.4. The third-order valence-corrected chi connectivity index (χ3v) is 14.8. The zero-order valence-corrected chi connectivity index (χ0v) is 35.5. The maximum atomic E-state index is 4.71. The molecule has 1 spiro atoms. The normalized spacial score (nSPS) is 14.1. The summed E-state index contributed by atoms with van der Waals surface area (Å²) in [5.41, 5.74) is 24.3. The van der Waals surface area contributed by atoms with E-state index in [1.165, 1.54) is 99.9 Å². The summed E-state index contributed by atoms with van der Waals surface area (Å²) in [6.45, 7) is 0. The molecule has 0 atom stereocenters. The lowest BCUT2D eigenvalue weighted by Crippen LogP contribution is -2.28. The number of benzene rings is 9. The minimum Gasteiger partial charge on any atom is -0.309 e. The molecular formula is C63H40N2. The molecule has 0 saturated carbocycles. The molecule has 0 unspecified atom stereocenters. The summed E-state index contributed by atoms with van der Waals surface area (Å²) in [5, 5.41) is 1.23. The van der Waals surface area contributed by atoms with Gasteiger partial charge in [-0.25, -0.2) is 0 Å². The molecule has 3 aliphatic rings. The van der Waals surface area contributed by atoms with Crippen molar-refractivity contribution in [2.45, 2.75) is 10.8 Å². The van der Waals surface area contributed by atoms with Crippen LogP contribution in [0.15, 0.2) is 243 Å². The van der Waals surface area contributed by atoms with Gasteiger partial charge in [0.2, 0.25) is 0 Å². The van der Waals surface area contributed by atoms with Crippen LogP contribution >= 0.6 is 0 Å². The Bertz CT molecular complexity index is 3610. The van der Waals surface area contributed by atoms with Gasteiger partial charge >= 0.3 is 0 Å². The number of hydrogen-bond acceptors (Lipinski definition) is 1. The van der Waals surface area contributed by atoms with E-state index in [-0.39, 0.29) is 5.41 Å². The molecular weight excluding hydrogens is 785 g/mol. The molecule has 65 heavy (non-hydrogen) atoms. The van der Waals surface area contributed by atoms with Crippen LogP contribution in [-0.4, -0.2) is 9.55 Å².